The van der Waals surface area contributed by atoms with Crippen LogP contribution in [0.1, 0.15) is 49.4 Å². The lowest BCUT2D eigenvalue weighted by Crippen LogP contribution is -2.53. The minimum absolute atomic E-state index is 0.211. The molecule has 4 atom stereocenters. The molecule has 0 aliphatic carbocycles. The molecule has 0 saturated carbocycles. The molecule has 2 heterocycles. The van der Waals surface area contributed by atoms with Gasteiger partial charge in [0.1, 0.15) is 23.3 Å². The van der Waals surface area contributed by atoms with E-state index in [1.54, 1.807) is 39.0 Å². The molecule has 41 heavy (non-hydrogen) atoms. The van der Waals surface area contributed by atoms with Gasteiger partial charge in [-0.15, -0.1) is 0 Å². The molecule has 206 valence electrons. The van der Waals surface area contributed by atoms with Gasteiger partial charge in [0.15, 0.2) is 5.54 Å². The Bertz CT molecular complexity index is 1610. The van der Waals surface area contributed by atoms with Crippen LogP contribution < -0.4 is 4.90 Å². The molecule has 9 heteroatoms. The zero-order valence-electron chi connectivity index (χ0n) is 22.7. The predicted molar refractivity (Wildman–Crippen MR) is 154 cm³/mol. The molecular formula is C32H27BrN4O4. The fourth-order valence-corrected chi connectivity index (χ4v) is 6.34. The van der Waals surface area contributed by atoms with Crippen LogP contribution in [0.3, 0.4) is 0 Å². The van der Waals surface area contributed by atoms with Crippen molar-refractivity contribution in [1.82, 2.24) is 5.06 Å². The Balaban J connectivity index is 1.86. The van der Waals surface area contributed by atoms with E-state index in [4.69, 9.17) is 4.74 Å². The first-order chi connectivity index (χ1) is 19.5. The molecular weight excluding hydrogens is 584 g/mol. The molecule has 1 fully saturated rings. The Kier molecular flexibility index (Phi) is 7.31. The molecule has 1 saturated heterocycles. The molecule has 5 rings (SSSR count). The van der Waals surface area contributed by atoms with Crippen LogP contribution in [0.15, 0.2) is 95.0 Å². The average Bonchev–Trinajstić information content (AvgIpc) is 3.35. The molecule has 2 amide bonds. The zero-order valence-corrected chi connectivity index (χ0v) is 24.2. The minimum Gasteiger partial charge on any atom is -0.443 e. The number of carbonyl (C=O) groups is 2. The number of carbonyl (C=O) groups excluding carboxylic acids is 2. The van der Waals surface area contributed by atoms with E-state index in [9.17, 15) is 25.3 Å². The molecule has 2 aliphatic heterocycles. The van der Waals surface area contributed by atoms with Gasteiger partial charge < -0.3 is 9.94 Å². The van der Waals surface area contributed by atoms with Crippen molar-refractivity contribution in [1.29, 1.82) is 10.5 Å². The summed E-state index contributed by atoms with van der Waals surface area (Å²) >= 11 is 3.49. The number of rotatable bonds is 3. The number of allylic oxidation sites excluding steroid dienone is 1. The maximum absolute atomic E-state index is 14.8. The van der Waals surface area contributed by atoms with E-state index in [2.05, 4.69) is 15.9 Å². The topological polar surface area (TPSA) is 118 Å². The van der Waals surface area contributed by atoms with Gasteiger partial charge in [-0.2, -0.15) is 15.6 Å². The molecule has 3 aromatic carbocycles. The number of amides is 2. The molecule has 0 radical (unpaired) electrons. The van der Waals surface area contributed by atoms with Gasteiger partial charge in [-0.1, -0.05) is 76.6 Å². The van der Waals surface area contributed by atoms with Crippen LogP contribution >= 0.6 is 15.9 Å². The van der Waals surface area contributed by atoms with E-state index in [-0.39, 0.29) is 11.3 Å². The Labute approximate surface area is 246 Å². The van der Waals surface area contributed by atoms with E-state index in [0.29, 0.717) is 10.0 Å². The van der Waals surface area contributed by atoms with Gasteiger partial charge in [0.2, 0.25) is 0 Å². The van der Waals surface area contributed by atoms with Gasteiger partial charge in [-0.3, -0.25) is 4.79 Å². The van der Waals surface area contributed by atoms with Crippen molar-refractivity contribution in [3.63, 3.8) is 0 Å². The monoisotopic (exact) mass is 610 g/mol. The van der Waals surface area contributed by atoms with Crippen molar-refractivity contribution in [3.8, 4) is 12.1 Å². The van der Waals surface area contributed by atoms with Crippen LogP contribution in [-0.4, -0.2) is 27.9 Å². The van der Waals surface area contributed by atoms with Crippen LogP contribution in [0.4, 0.5) is 10.5 Å². The minimum atomic E-state index is -1.88. The first kappa shape index (κ1) is 28.3. The third-order valence-electron chi connectivity index (χ3n) is 7.46. The van der Waals surface area contributed by atoms with E-state index in [0.717, 1.165) is 21.1 Å². The highest BCUT2D eigenvalue weighted by molar-refractivity contribution is 9.10. The summed E-state index contributed by atoms with van der Waals surface area (Å²) < 4.78 is 6.25. The van der Waals surface area contributed by atoms with Gasteiger partial charge in [-0.05, 0) is 56.2 Å². The maximum Gasteiger partial charge on any atom is 0.421 e. The quantitative estimate of drug-likeness (QED) is 0.326. The fourth-order valence-electron chi connectivity index (χ4n) is 5.98. The Hall–Kier alpha value is -4.28. The van der Waals surface area contributed by atoms with Crippen molar-refractivity contribution in [2.24, 2.45) is 5.92 Å². The molecule has 1 spiro atoms. The second kappa shape index (κ2) is 10.6. The van der Waals surface area contributed by atoms with Crippen molar-refractivity contribution in [3.05, 3.63) is 112 Å². The summed E-state index contributed by atoms with van der Waals surface area (Å²) in [6.45, 7) is 5.10. The molecule has 8 nitrogen and oxygen atoms in total. The number of fused-ring (bicyclic) bond motifs is 2. The number of ether oxygens (including phenoxy) is 1. The number of hydrogen-bond donors (Lipinski definition) is 1. The summed E-state index contributed by atoms with van der Waals surface area (Å²) in [5.41, 5.74) is -0.886. The molecule has 1 N–H and O–H groups in total. The molecule has 0 aromatic heterocycles. The summed E-state index contributed by atoms with van der Waals surface area (Å²) in [7, 11) is 0. The number of nitrogens with zero attached hydrogens (tertiary/aromatic N) is 4. The highest BCUT2D eigenvalue weighted by Crippen LogP contribution is 2.63. The lowest BCUT2D eigenvalue weighted by atomic mass is 9.71. The second-order valence-electron chi connectivity index (χ2n) is 11.0. The fraction of sp³-hybridized carbons (Fsp3) is 0.250. The number of hydrogen-bond acceptors (Lipinski definition) is 7. The average molecular weight is 611 g/mol. The molecule has 0 unspecified atom stereocenters. The summed E-state index contributed by atoms with van der Waals surface area (Å²) in [5, 5.41) is 32.9. The van der Waals surface area contributed by atoms with Crippen LogP contribution in [0.2, 0.25) is 0 Å². The number of benzene rings is 3. The molecule has 3 aromatic rings. The van der Waals surface area contributed by atoms with Gasteiger partial charge in [0.05, 0.1) is 11.7 Å². The van der Waals surface area contributed by atoms with Crippen molar-refractivity contribution in [2.45, 2.75) is 43.9 Å². The van der Waals surface area contributed by atoms with Gasteiger partial charge in [0, 0.05) is 21.9 Å². The SMILES string of the molecule is CC(C)(C)OC(=O)N1C(=O)[C@@]2(c3cc(Br)ccc31)[C@H](C=C(C#N)C#N)[C@@H](c1ccccc1)[C@H](c1ccccc1)N2O. The van der Waals surface area contributed by atoms with E-state index < -0.39 is 41.0 Å². The number of halogens is 1. The van der Waals surface area contributed by atoms with E-state index in [1.165, 1.54) is 6.08 Å². The third-order valence-corrected chi connectivity index (χ3v) is 7.96. The van der Waals surface area contributed by atoms with Crippen molar-refractivity contribution < 1.29 is 19.5 Å². The van der Waals surface area contributed by atoms with Crippen LogP contribution in [0.25, 0.3) is 0 Å². The van der Waals surface area contributed by atoms with Crippen LogP contribution in [0.5, 0.6) is 0 Å². The number of anilines is 1. The maximum atomic E-state index is 14.8. The first-order valence-corrected chi connectivity index (χ1v) is 13.8. The standard InChI is InChI=1S/C32H27BrN4O4/c1-31(2,3)41-30(39)36-26-15-14-23(33)17-24(26)32(29(36)38)25(16-20(18-34)19-35)27(21-10-6-4-7-11-21)28(37(32)40)22-12-8-5-9-13-22/h4-17,25,27-28,40H,1-3H3/t25-,27-,28+,32-/m1/s1. The lowest BCUT2D eigenvalue weighted by molar-refractivity contribution is -0.189. The summed E-state index contributed by atoms with van der Waals surface area (Å²) in [6.07, 6.45) is 0.560. The van der Waals surface area contributed by atoms with Gasteiger partial charge >= 0.3 is 6.09 Å². The summed E-state index contributed by atoms with van der Waals surface area (Å²) in [6, 6.07) is 26.6. The molecule has 0 bridgehead atoms. The highest BCUT2D eigenvalue weighted by Gasteiger charge is 2.69. The number of hydroxylamine groups is 2. The van der Waals surface area contributed by atoms with E-state index in [1.807, 2.05) is 72.8 Å². The van der Waals surface area contributed by atoms with Gasteiger partial charge in [0.25, 0.3) is 5.91 Å². The Morgan fingerprint density at radius 3 is 2.15 bits per heavy atom. The zero-order chi connectivity index (χ0) is 29.5. The van der Waals surface area contributed by atoms with Gasteiger partial charge in [-0.25, -0.2) is 9.69 Å². The van der Waals surface area contributed by atoms with E-state index >= 15 is 0 Å². The smallest absolute Gasteiger partial charge is 0.421 e. The third kappa shape index (κ3) is 4.62. The summed E-state index contributed by atoms with van der Waals surface area (Å²) in [4.78, 5) is 29.3. The number of imide groups is 1. The second-order valence-corrected chi connectivity index (χ2v) is 11.9. The Morgan fingerprint density at radius 1 is 1.00 bits per heavy atom. The van der Waals surface area contributed by atoms with Crippen LogP contribution in [0, 0.1) is 28.6 Å². The molecule has 2 aliphatic rings. The highest BCUT2D eigenvalue weighted by atomic mass is 79.9. The first-order valence-electron chi connectivity index (χ1n) is 13.0. The predicted octanol–water partition coefficient (Wildman–Crippen LogP) is 6.75. The lowest BCUT2D eigenvalue weighted by Gasteiger charge is -2.35. The van der Waals surface area contributed by atoms with Crippen molar-refractivity contribution in [2.75, 3.05) is 4.90 Å². The van der Waals surface area contributed by atoms with Crippen LogP contribution in [-0.2, 0) is 15.1 Å². The summed E-state index contributed by atoms with van der Waals surface area (Å²) in [5.74, 6) is -2.28. The van der Waals surface area contributed by atoms with Crippen molar-refractivity contribution >= 4 is 33.6 Å². The Morgan fingerprint density at radius 2 is 1.59 bits per heavy atom. The largest absolute Gasteiger partial charge is 0.443 e. The normalized spacial score (nSPS) is 23.5. The number of nitriles is 2.